The first-order chi connectivity index (χ1) is 13.5. The average Bonchev–Trinajstić information content (AvgIpc) is 2.72. The van der Waals surface area contributed by atoms with Gasteiger partial charge in [0.15, 0.2) is 0 Å². The van der Waals surface area contributed by atoms with Gasteiger partial charge in [0.1, 0.15) is 11.6 Å². The van der Waals surface area contributed by atoms with E-state index in [1.54, 1.807) is 25.3 Å². The number of halogens is 1. The first-order valence-corrected chi connectivity index (χ1v) is 8.48. The summed E-state index contributed by atoms with van der Waals surface area (Å²) in [6.45, 7) is 0.322. The number of ether oxygens (including phenoxy) is 1. The SMILES string of the molecule is COc1ccc(CNC(=O)c2cncc(C(=O)Nc3cccc(F)c3)c2)cc1. The molecule has 0 aliphatic carbocycles. The Labute approximate surface area is 161 Å². The topological polar surface area (TPSA) is 80.3 Å². The number of amides is 2. The second kappa shape index (κ2) is 8.77. The van der Waals surface area contributed by atoms with E-state index in [2.05, 4.69) is 15.6 Å². The van der Waals surface area contributed by atoms with Gasteiger partial charge in [-0.25, -0.2) is 4.39 Å². The van der Waals surface area contributed by atoms with E-state index >= 15 is 0 Å². The van der Waals surface area contributed by atoms with Gasteiger partial charge in [-0.15, -0.1) is 0 Å². The first-order valence-electron chi connectivity index (χ1n) is 8.48. The van der Waals surface area contributed by atoms with Gasteiger partial charge in [-0.2, -0.15) is 0 Å². The van der Waals surface area contributed by atoms with Gasteiger partial charge in [-0.3, -0.25) is 14.6 Å². The van der Waals surface area contributed by atoms with E-state index in [-0.39, 0.29) is 17.0 Å². The van der Waals surface area contributed by atoms with Crippen molar-refractivity contribution in [3.63, 3.8) is 0 Å². The molecule has 28 heavy (non-hydrogen) atoms. The molecule has 0 bridgehead atoms. The minimum atomic E-state index is -0.483. The minimum Gasteiger partial charge on any atom is -0.497 e. The summed E-state index contributed by atoms with van der Waals surface area (Å²) in [5.41, 5.74) is 1.67. The van der Waals surface area contributed by atoms with Gasteiger partial charge in [0, 0.05) is 24.6 Å². The number of hydrogen-bond donors (Lipinski definition) is 2. The van der Waals surface area contributed by atoms with Crippen molar-refractivity contribution in [1.29, 1.82) is 0 Å². The summed E-state index contributed by atoms with van der Waals surface area (Å²) >= 11 is 0. The van der Waals surface area contributed by atoms with Crippen LogP contribution >= 0.6 is 0 Å². The number of nitrogens with zero attached hydrogens (tertiary/aromatic N) is 1. The third-order valence-corrected chi connectivity index (χ3v) is 3.96. The molecule has 0 fully saturated rings. The molecule has 0 spiro atoms. The highest BCUT2D eigenvalue weighted by molar-refractivity contribution is 6.05. The predicted octanol–water partition coefficient (Wildman–Crippen LogP) is 3.41. The van der Waals surface area contributed by atoms with Crippen LogP contribution in [-0.4, -0.2) is 23.9 Å². The van der Waals surface area contributed by atoms with E-state index in [1.165, 1.54) is 36.7 Å². The summed E-state index contributed by atoms with van der Waals surface area (Å²) in [6, 6.07) is 14.3. The molecule has 1 aromatic heterocycles. The maximum atomic E-state index is 13.2. The summed E-state index contributed by atoms with van der Waals surface area (Å²) in [5.74, 6) is -0.564. The third-order valence-electron chi connectivity index (χ3n) is 3.96. The van der Waals surface area contributed by atoms with Crippen molar-refractivity contribution in [2.24, 2.45) is 0 Å². The van der Waals surface area contributed by atoms with Crippen molar-refractivity contribution in [3.8, 4) is 5.75 Å². The number of hydrogen-bond acceptors (Lipinski definition) is 4. The molecule has 2 amide bonds. The minimum absolute atomic E-state index is 0.196. The van der Waals surface area contributed by atoms with Crippen LogP contribution in [0.4, 0.5) is 10.1 Å². The molecule has 1 heterocycles. The number of pyridine rings is 1. The van der Waals surface area contributed by atoms with Crippen molar-refractivity contribution in [2.45, 2.75) is 6.54 Å². The number of carbonyl (C=O) groups excluding carboxylic acids is 2. The van der Waals surface area contributed by atoms with Gasteiger partial charge in [-0.05, 0) is 42.0 Å². The van der Waals surface area contributed by atoms with Crippen molar-refractivity contribution < 1.29 is 18.7 Å². The number of rotatable bonds is 6. The predicted molar refractivity (Wildman–Crippen MR) is 103 cm³/mol. The maximum Gasteiger partial charge on any atom is 0.257 e. The molecule has 0 saturated heterocycles. The molecule has 0 radical (unpaired) electrons. The largest absolute Gasteiger partial charge is 0.497 e. The Hall–Kier alpha value is -3.74. The fourth-order valence-corrected chi connectivity index (χ4v) is 2.49. The zero-order valence-electron chi connectivity index (χ0n) is 15.1. The highest BCUT2D eigenvalue weighted by atomic mass is 19.1. The molecular weight excluding hydrogens is 361 g/mol. The standard InChI is InChI=1S/C21H18FN3O3/c1-28-19-7-5-14(6-8-19)11-24-20(26)15-9-16(13-23-12-15)21(27)25-18-4-2-3-17(22)10-18/h2-10,12-13H,11H2,1H3,(H,24,26)(H,25,27). The molecule has 2 N–H and O–H groups in total. The number of anilines is 1. The van der Waals surface area contributed by atoms with Crippen molar-refractivity contribution >= 4 is 17.5 Å². The molecule has 0 aliphatic heterocycles. The Kier molecular flexibility index (Phi) is 5.96. The Morgan fingerprint density at radius 3 is 2.39 bits per heavy atom. The molecule has 0 unspecified atom stereocenters. The van der Waals surface area contributed by atoms with Crippen LogP contribution in [0.1, 0.15) is 26.3 Å². The van der Waals surface area contributed by atoms with Crippen LogP contribution in [0, 0.1) is 5.82 Å². The van der Waals surface area contributed by atoms with E-state index in [0.29, 0.717) is 12.2 Å². The summed E-state index contributed by atoms with van der Waals surface area (Å²) in [5, 5.41) is 5.35. The molecule has 0 aliphatic rings. The summed E-state index contributed by atoms with van der Waals surface area (Å²) in [7, 11) is 1.58. The second-order valence-electron chi connectivity index (χ2n) is 5.96. The van der Waals surface area contributed by atoms with Gasteiger partial charge in [0.2, 0.25) is 0 Å². The zero-order valence-corrected chi connectivity index (χ0v) is 15.1. The lowest BCUT2D eigenvalue weighted by Gasteiger charge is -2.08. The highest BCUT2D eigenvalue weighted by Gasteiger charge is 2.12. The van der Waals surface area contributed by atoms with Crippen LogP contribution in [-0.2, 0) is 6.54 Å². The lowest BCUT2D eigenvalue weighted by Crippen LogP contribution is -2.23. The molecule has 142 valence electrons. The molecule has 3 aromatic rings. The van der Waals surface area contributed by atoms with Crippen molar-refractivity contribution in [1.82, 2.24) is 10.3 Å². The average molecular weight is 379 g/mol. The van der Waals surface area contributed by atoms with Gasteiger partial charge >= 0.3 is 0 Å². The Balaban J connectivity index is 1.64. The molecule has 3 rings (SSSR count). The van der Waals surface area contributed by atoms with E-state index in [4.69, 9.17) is 4.74 Å². The second-order valence-corrected chi connectivity index (χ2v) is 5.96. The highest BCUT2D eigenvalue weighted by Crippen LogP contribution is 2.13. The van der Waals surface area contributed by atoms with Crippen LogP contribution in [0.5, 0.6) is 5.75 Å². The maximum absolute atomic E-state index is 13.2. The quantitative estimate of drug-likeness (QED) is 0.688. The number of aromatic nitrogens is 1. The normalized spacial score (nSPS) is 10.2. The molecule has 0 atom stereocenters. The third kappa shape index (κ3) is 4.91. The van der Waals surface area contributed by atoms with Crippen LogP contribution < -0.4 is 15.4 Å². The Bertz CT molecular complexity index is 990. The van der Waals surface area contributed by atoms with Crippen molar-refractivity contribution in [3.05, 3.63) is 89.5 Å². The molecule has 7 heteroatoms. The molecule has 0 saturated carbocycles. The van der Waals surface area contributed by atoms with Crippen LogP contribution in [0.3, 0.4) is 0 Å². The van der Waals surface area contributed by atoms with Gasteiger partial charge < -0.3 is 15.4 Å². The van der Waals surface area contributed by atoms with Gasteiger partial charge in [0.25, 0.3) is 11.8 Å². The smallest absolute Gasteiger partial charge is 0.257 e. The van der Waals surface area contributed by atoms with Crippen LogP contribution in [0.25, 0.3) is 0 Å². The number of methoxy groups -OCH3 is 1. The van der Waals surface area contributed by atoms with Gasteiger partial charge in [-0.1, -0.05) is 18.2 Å². The van der Waals surface area contributed by atoms with E-state index in [9.17, 15) is 14.0 Å². The van der Waals surface area contributed by atoms with E-state index in [0.717, 1.165) is 11.3 Å². The Morgan fingerprint density at radius 1 is 1.00 bits per heavy atom. The van der Waals surface area contributed by atoms with Crippen LogP contribution in [0.15, 0.2) is 67.0 Å². The molecule has 6 nitrogen and oxygen atoms in total. The zero-order chi connectivity index (χ0) is 19.9. The summed E-state index contributed by atoms with van der Waals surface area (Å²) in [6.07, 6.45) is 2.72. The summed E-state index contributed by atoms with van der Waals surface area (Å²) < 4.78 is 18.3. The monoisotopic (exact) mass is 379 g/mol. The van der Waals surface area contributed by atoms with Crippen molar-refractivity contribution in [2.75, 3.05) is 12.4 Å². The van der Waals surface area contributed by atoms with Crippen LogP contribution in [0.2, 0.25) is 0 Å². The fraction of sp³-hybridized carbons (Fsp3) is 0.0952. The fourth-order valence-electron chi connectivity index (χ4n) is 2.49. The van der Waals surface area contributed by atoms with Gasteiger partial charge in [0.05, 0.1) is 18.2 Å². The van der Waals surface area contributed by atoms with E-state index in [1.807, 2.05) is 12.1 Å². The number of benzene rings is 2. The number of nitrogens with one attached hydrogen (secondary N) is 2. The number of carbonyl (C=O) groups is 2. The lowest BCUT2D eigenvalue weighted by molar-refractivity contribution is 0.0950. The molecular formula is C21H18FN3O3. The lowest BCUT2D eigenvalue weighted by atomic mass is 10.1. The van der Waals surface area contributed by atoms with E-state index < -0.39 is 11.7 Å². The first kappa shape index (κ1) is 19.0. The Morgan fingerprint density at radius 2 is 1.71 bits per heavy atom. The summed E-state index contributed by atoms with van der Waals surface area (Å²) in [4.78, 5) is 28.6. The molecule has 2 aromatic carbocycles.